The van der Waals surface area contributed by atoms with Gasteiger partial charge in [0.25, 0.3) is 0 Å². The molecule has 11 rings (SSSR count). The van der Waals surface area contributed by atoms with Gasteiger partial charge >= 0.3 is 0 Å². The third-order valence-electron chi connectivity index (χ3n) is 11.5. The molecule has 0 N–H and O–H groups in total. The van der Waals surface area contributed by atoms with Crippen LogP contribution in [0.4, 0.5) is 17.1 Å². The highest BCUT2D eigenvalue weighted by Gasteiger charge is 2.21. The van der Waals surface area contributed by atoms with Crippen molar-refractivity contribution in [1.82, 2.24) is 4.57 Å². The SMILES string of the molecule is c1ccc(-c2ccc(N(c3ccc(-c4ccc5ccccc5c4)cc3)c3cccc(-c4c5ccccc5cc5c4c4ccccc4n5-c4ccccc4)c3)cc2)cc1. The number of nitrogens with zero attached hydrogens (tertiary/aromatic N) is 2. The molecular formula is C56H38N2. The van der Waals surface area contributed by atoms with Crippen molar-refractivity contribution in [3.05, 3.63) is 231 Å². The first-order valence-electron chi connectivity index (χ1n) is 19.9. The number of anilines is 3. The molecule has 0 saturated carbocycles. The smallest absolute Gasteiger partial charge is 0.0553 e. The second-order valence-electron chi connectivity index (χ2n) is 15.0. The van der Waals surface area contributed by atoms with Gasteiger partial charge < -0.3 is 9.47 Å². The van der Waals surface area contributed by atoms with E-state index in [1.165, 1.54) is 76.7 Å². The zero-order valence-electron chi connectivity index (χ0n) is 31.8. The van der Waals surface area contributed by atoms with Crippen LogP contribution < -0.4 is 4.90 Å². The van der Waals surface area contributed by atoms with Gasteiger partial charge in [-0.05, 0) is 122 Å². The fraction of sp³-hybridized carbons (Fsp3) is 0. The van der Waals surface area contributed by atoms with Crippen molar-refractivity contribution in [2.24, 2.45) is 0 Å². The van der Waals surface area contributed by atoms with Gasteiger partial charge in [0.2, 0.25) is 0 Å². The molecule has 0 radical (unpaired) electrons. The lowest BCUT2D eigenvalue weighted by atomic mass is 9.92. The lowest BCUT2D eigenvalue weighted by molar-refractivity contribution is 1.18. The Morgan fingerprint density at radius 2 is 0.845 bits per heavy atom. The van der Waals surface area contributed by atoms with Crippen LogP contribution in [0.1, 0.15) is 0 Å². The van der Waals surface area contributed by atoms with E-state index in [0.717, 1.165) is 22.7 Å². The summed E-state index contributed by atoms with van der Waals surface area (Å²) in [6.45, 7) is 0. The molecule has 58 heavy (non-hydrogen) atoms. The van der Waals surface area contributed by atoms with Crippen LogP contribution >= 0.6 is 0 Å². The summed E-state index contributed by atoms with van der Waals surface area (Å²) in [4.78, 5) is 2.39. The second kappa shape index (κ2) is 14.1. The molecule has 0 aliphatic heterocycles. The van der Waals surface area contributed by atoms with Gasteiger partial charge in [-0.25, -0.2) is 0 Å². The highest BCUT2D eigenvalue weighted by atomic mass is 15.1. The molecule has 0 amide bonds. The summed E-state index contributed by atoms with van der Waals surface area (Å²) >= 11 is 0. The summed E-state index contributed by atoms with van der Waals surface area (Å²) in [6.07, 6.45) is 0. The Kier molecular flexibility index (Phi) is 8.19. The van der Waals surface area contributed by atoms with Gasteiger partial charge in [-0.3, -0.25) is 0 Å². The Labute approximate surface area is 338 Å². The first-order chi connectivity index (χ1) is 28.8. The summed E-state index contributed by atoms with van der Waals surface area (Å²) in [6, 6.07) is 83.7. The summed E-state index contributed by atoms with van der Waals surface area (Å²) in [5.74, 6) is 0. The predicted octanol–water partition coefficient (Wildman–Crippen LogP) is 15.6. The normalized spacial score (nSPS) is 11.4. The molecule has 0 spiro atoms. The standard InChI is InChI=1S/C56H38N2/c1-3-14-39(15-4-1)41-28-32-48(33-29-41)57(49-34-30-42(31-35-49)44-27-26-40-16-7-8-17-43(40)36-44)50-22-13-19-46(37-50)55-51-23-10-9-18-45(51)38-54-56(55)52-24-11-12-25-53(52)58(54)47-20-5-2-6-21-47/h1-38H. The molecule has 0 bridgehead atoms. The average Bonchev–Trinajstić information content (AvgIpc) is 3.63. The van der Waals surface area contributed by atoms with Gasteiger partial charge in [0.1, 0.15) is 0 Å². The molecule has 272 valence electrons. The molecule has 0 saturated heterocycles. The van der Waals surface area contributed by atoms with Crippen LogP contribution in [0.25, 0.3) is 82.4 Å². The van der Waals surface area contributed by atoms with Gasteiger partial charge in [-0.15, -0.1) is 0 Å². The monoisotopic (exact) mass is 738 g/mol. The number of aromatic nitrogens is 1. The summed E-state index contributed by atoms with van der Waals surface area (Å²) in [7, 11) is 0. The van der Waals surface area contributed by atoms with Gasteiger partial charge in [0, 0.05) is 33.5 Å². The maximum Gasteiger partial charge on any atom is 0.0553 e. The maximum atomic E-state index is 2.42. The topological polar surface area (TPSA) is 8.17 Å². The first kappa shape index (κ1) is 33.6. The maximum absolute atomic E-state index is 2.42. The molecule has 0 aliphatic rings. The van der Waals surface area contributed by atoms with Crippen LogP contribution in [-0.4, -0.2) is 4.57 Å². The molecule has 0 unspecified atom stereocenters. The van der Waals surface area contributed by atoms with Crippen LogP contribution in [-0.2, 0) is 0 Å². The molecule has 10 aromatic carbocycles. The van der Waals surface area contributed by atoms with E-state index >= 15 is 0 Å². The quantitative estimate of drug-likeness (QED) is 0.158. The van der Waals surface area contributed by atoms with Crippen molar-refractivity contribution in [1.29, 1.82) is 0 Å². The summed E-state index contributed by atoms with van der Waals surface area (Å²) < 4.78 is 2.42. The van der Waals surface area contributed by atoms with E-state index in [2.05, 4.69) is 240 Å². The third kappa shape index (κ3) is 5.82. The van der Waals surface area contributed by atoms with Crippen molar-refractivity contribution in [2.45, 2.75) is 0 Å². The lowest BCUT2D eigenvalue weighted by Gasteiger charge is -2.27. The van der Waals surface area contributed by atoms with E-state index in [1.807, 2.05) is 0 Å². The molecule has 0 aliphatic carbocycles. The second-order valence-corrected chi connectivity index (χ2v) is 15.0. The minimum Gasteiger partial charge on any atom is -0.310 e. The van der Waals surface area contributed by atoms with Crippen molar-refractivity contribution in [2.75, 3.05) is 4.90 Å². The lowest BCUT2D eigenvalue weighted by Crippen LogP contribution is -2.10. The fourth-order valence-electron chi connectivity index (χ4n) is 8.80. The average molecular weight is 739 g/mol. The minimum atomic E-state index is 1.09. The van der Waals surface area contributed by atoms with Crippen LogP contribution in [0.15, 0.2) is 231 Å². The van der Waals surface area contributed by atoms with E-state index in [4.69, 9.17) is 0 Å². The van der Waals surface area contributed by atoms with Gasteiger partial charge in [0.15, 0.2) is 0 Å². The van der Waals surface area contributed by atoms with Crippen molar-refractivity contribution in [3.63, 3.8) is 0 Å². The Morgan fingerprint density at radius 3 is 1.59 bits per heavy atom. The minimum absolute atomic E-state index is 1.09. The summed E-state index contributed by atoms with van der Waals surface area (Å²) in [5.41, 5.74) is 14.0. The number of benzene rings is 10. The van der Waals surface area contributed by atoms with E-state index < -0.39 is 0 Å². The zero-order valence-corrected chi connectivity index (χ0v) is 31.8. The fourth-order valence-corrected chi connectivity index (χ4v) is 8.80. The zero-order chi connectivity index (χ0) is 38.4. The van der Waals surface area contributed by atoms with E-state index in [1.54, 1.807) is 0 Å². The largest absolute Gasteiger partial charge is 0.310 e. The number of fused-ring (bicyclic) bond motifs is 5. The van der Waals surface area contributed by atoms with Crippen molar-refractivity contribution in [3.8, 4) is 39.1 Å². The van der Waals surface area contributed by atoms with Crippen LogP contribution in [0.2, 0.25) is 0 Å². The van der Waals surface area contributed by atoms with Crippen molar-refractivity contribution < 1.29 is 0 Å². The van der Waals surface area contributed by atoms with Gasteiger partial charge in [0.05, 0.1) is 11.0 Å². The number of hydrogen-bond donors (Lipinski definition) is 0. The number of para-hydroxylation sites is 2. The Hall–Kier alpha value is -7.68. The molecule has 0 fully saturated rings. The molecule has 1 heterocycles. The van der Waals surface area contributed by atoms with E-state index in [0.29, 0.717) is 0 Å². The van der Waals surface area contributed by atoms with E-state index in [-0.39, 0.29) is 0 Å². The predicted molar refractivity (Wildman–Crippen MR) is 247 cm³/mol. The third-order valence-corrected chi connectivity index (χ3v) is 11.5. The van der Waals surface area contributed by atoms with Gasteiger partial charge in [-0.1, -0.05) is 164 Å². The molecule has 11 aromatic rings. The molecule has 0 atom stereocenters. The van der Waals surface area contributed by atoms with Crippen molar-refractivity contribution >= 4 is 60.4 Å². The Bertz CT molecular complexity index is 3250. The molecule has 1 aromatic heterocycles. The molecule has 2 heteroatoms. The number of rotatable bonds is 7. The van der Waals surface area contributed by atoms with Gasteiger partial charge in [-0.2, -0.15) is 0 Å². The summed E-state index contributed by atoms with van der Waals surface area (Å²) in [5, 5.41) is 7.45. The van der Waals surface area contributed by atoms with E-state index in [9.17, 15) is 0 Å². The molecular weight excluding hydrogens is 701 g/mol. The number of hydrogen-bond acceptors (Lipinski definition) is 1. The highest BCUT2D eigenvalue weighted by molar-refractivity contribution is 6.23. The highest BCUT2D eigenvalue weighted by Crippen LogP contribution is 2.45. The Balaban J connectivity index is 1.10. The molecule has 2 nitrogen and oxygen atoms in total. The first-order valence-corrected chi connectivity index (χ1v) is 19.9. The Morgan fingerprint density at radius 1 is 0.293 bits per heavy atom. The van der Waals surface area contributed by atoms with Crippen LogP contribution in [0.5, 0.6) is 0 Å². The van der Waals surface area contributed by atoms with Crippen LogP contribution in [0.3, 0.4) is 0 Å². The van der Waals surface area contributed by atoms with Crippen LogP contribution in [0, 0.1) is 0 Å².